The maximum atomic E-state index is 12.1. The first-order valence-electron chi connectivity index (χ1n) is 8.47. The van der Waals surface area contributed by atoms with Crippen LogP contribution in [0.25, 0.3) is 11.4 Å². The van der Waals surface area contributed by atoms with Gasteiger partial charge in [-0.15, -0.1) is 10.2 Å². The predicted molar refractivity (Wildman–Crippen MR) is 105 cm³/mol. The zero-order valence-corrected chi connectivity index (χ0v) is 17.3. The van der Waals surface area contributed by atoms with Crippen LogP contribution in [0.1, 0.15) is 18.2 Å². The predicted octanol–water partition coefficient (Wildman–Crippen LogP) is 3.41. The molecule has 0 N–H and O–H groups in total. The number of benzene rings is 1. The van der Waals surface area contributed by atoms with E-state index in [0.29, 0.717) is 11.5 Å². The van der Waals surface area contributed by atoms with E-state index in [0.717, 1.165) is 33.0 Å². The average Bonchev–Trinajstić information content (AvgIpc) is 3.26. The highest BCUT2D eigenvalue weighted by Crippen LogP contribution is 2.28. The van der Waals surface area contributed by atoms with Gasteiger partial charge in [0.25, 0.3) is 10.0 Å². The molecule has 0 aliphatic heterocycles. The van der Waals surface area contributed by atoms with Gasteiger partial charge in [0, 0.05) is 26.2 Å². The monoisotopic (exact) mass is 406 g/mol. The van der Waals surface area contributed by atoms with Crippen molar-refractivity contribution in [3.63, 3.8) is 0 Å². The highest BCUT2D eigenvalue weighted by atomic mass is 32.2. The van der Waals surface area contributed by atoms with E-state index in [1.807, 2.05) is 36.6 Å². The highest BCUT2D eigenvalue weighted by Gasteiger charge is 2.22. The van der Waals surface area contributed by atoms with E-state index in [1.165, 1.54) is 31.9 Å². The second kappa shape index (κ2) is 7.87. The van der Waals surface area contributed by atoms with Crippen molar-refractivity contribution in [2.45, 2.75) is 36.4 Å². The second-order valence-electron chi connectivity index (χ2n) is 6.22. The average molecular weight is 407 g/mol. The minimum atomic E-state index is -3.56. The summed E-state index contributed by atoms with van der Waals surface area (Å²) in [4.78, 5) is 0. The Hall–Kier alpha value is -2.10. The number of sulfonamides is 1. The molecular formula is C18H22N4O3S2. The molecule has 0 atom stereocenters. The minimum absolute atomic E-state index is 0.0551. The lowest BCUT2D eigenvalue weighted by Crippen LogP contribution is -2.21. The fraction of sp³-hybridized carbons (Fsp3) is 0.333. The maximum Gasteiger partial charge on any atom is 0.275 e. The third-order valence-corrected chi connectivity index (χ3v) is 6.70. The minimum Gasteiger partial charge on any atom is -0.447 e. The Balaban J connectivity index is 1.79. The molecule has 0 aliphatic rings. The second-order valence-corrected chi connectivity index (χ2v) is 9.24. The molecular weight excluding hydrogens is 384 g/mol. The number of thioether (sulfide) groups is 1. The molecule has 3 rings (SSSR count). The van der Waals surface area contributed by atoms with Crippen LogP contribution >= 0.6 is 11.8 Å². The van der Waals surface area contributed by atoms with Gasteiger partial charge >= 0.3 is 0 Å². The van der Waals surface area contributed by atoms with Crippen LogP contribution < -0.4 is 0 Å². The molecule has 7 nitrogen and oxygen atoms in total. The molecule has 0 saturated heterocycles. The van der Waals surface area contributed by atoms with Crippen LogP contribution in [0.3, 0.4) is 0 Å². The fourth-order valence-corrected chi connectivity index (χ4v) is 4.28. The van der Waals surface area contributed by atoms with E-state index in [9.17, 15) is 8.42 Å². The van der Waals surface area contributed by atoms with Gasteiger partial charge in [-0.25, -0.2) is 12.7 Å². The number of aromatic nitrogens is 3. The Labute approximate surface area is 163 Å². The Morgan fingerprint density at radius 1 is 1.19 bits per heavy atom. The van der Waals surface area contributed by atoms with Crippen LogP contribution in [0.4, 0.5) is 0 Å². The van der Waals surface area contributed by atoms with Crippen LogP contribution in [0.2, 0.25) is 0 Å². The summed E-state index contributed by atoms with van der Waals surface area (Å²) in [6, 6.07) is 11.3. The van der Waals surface area contributed by atoms with E-state index in [1.54, 1.807) is 6.07 Å². The summed E-state index contributed by atoms with van der Waals surface area (Å²) in [5, 5.41) is 9.35. The van der Waals surface area contributed by atoms with Gasteiger partial charge in [-0.3, -0.25) is 0 Å². The summed E-state index contributed by atoms with van der Waals surface area (Å²) < 4.78 is 32.9. The third kappa shape index (κ3) is 4.10. The zero-order valence-electron chi connectivity index (χ0n) is 15.7. The first kappa shape index (κ1) is 19.7. The molecule has 0 aliphatic carbocycles. The summed E-state index contributed by atoms with van der Waals surface area (Å²) in [6.45, 7) is 4.82. The van der Waals surface area contributed by atoms with Crippen LogP contribution in [-0.4, -0.2) is 41.6 Å². The summed E-state index contributed by atoms with van der Waals surface area (Å²) in [7, 11) is -0.614. The quantitative estimate of drug-likeness (QED) is 0.559. The van der Waals surface area contributed by atoms with Gasteiger partial charge in [0.05, 0.1) is 5.75 Å². The molecule has 0 saturated carbocycles. The normalized spacial score (nSPS) is 12.0. The molecule has 0 bridgehead atoms. The number of rotatable bonds is 7. The van der Waals surface area contributed by atoms with Crippen molar-refractivity contribution in [1.82, 2.24) is 19.1 Å². The number of furan rings is 1. The molecule has 2 aromatic heterocycles. The van der Waals surface area contributed by atoms with Crippen molar-refractivity contribution >= 4 is 21.8 Å². The summed E-state index contributed by atoms with van der Waals surface area (Å²) in [5.41, 5.74) is 2.19. The van der Waals surface area contributed by atoms with Gasteiger partial charge < -0.3 is 8.98 Å². The topological polar surface area (TPSA) is 81.2 Å². The number of nitrogens with zero attached hydrogens (tertiary/aromatic N) is 4. The molecule has 27 heavy (non-hydrogen) atoms. The van der Waals surface area contributed by atoms with Gasteiger partial charge in [0.2, 0.25) is 5.09 Å². The number of hydrogen-bond acceptors (Lipinski definition) is 6. The third-order valence-electron chi connectivity index (χ3n) is 4.02. The van der Waals surface area contributed by atoms with Crippen molar-refractivity contribution in [2.75, 3.05) is 14.1 Å². The largest absolute Gasteiger partial charge is 0.447 e. The molecule has 144 valence electrons. The van der Waals surface area contributed by atoms with Crippen molar-refractivity contribution in [2.24, 2.45) is 0 Å². The molecule has 0 unspecified atom stereocenters. The summed E-state index contributed by atoms with van der Waals surface area (Å²) in [5.74, 6) is 1.86. The Bertz CT molecular complexity index is 1040. The Morgan fingerprint density at radius 2 is 1.96 bits per heavy atom. The van der Waals surface area contributed by atoms with E-state index in [-0.39, 0.29) is 5.09 Å². The molecule has 2 heterocycles. The first-order valence-corrected chi connectivity index (χ1v) is 10.9. The lowest BCUT2D eigenvalue weighted by Gasteiger charge is -2.08. The Morgan fingerprint density at radius 3 is 2.63 bits per heavy atom. The number of hydrogen-bond donors (Lipinski definition) is 0. The van der Waals surface area contributed by atoms with Crippen LogP contribution in [0, 0.1) is 6.92 Å². The molecule has 0 spiro atoms. The van der Waals surface area contributed by atoms with Gasteiger partial charge in [-0.1, -0.05) is 35.5 Å². The molecule has 3 aromatic rings. The van der Waals surface area contributed by atoms with Crippen LogP contribution in [0.15, 0.2) is 51.1 Å². The lowest BCUT2D eigenvalue weighted by atomic mass is 10.1. The smallest absolute Gasteiger partial charge is 0.275 e. The maximum absolute atomic E-state index is 12.1. The van der Waals surface area contributed by atoms with Crippen LogP contribution in [0.5, 0.6) is 0 Å². The van der Waals surface area contributed by atoms with Crippen molar-refractivity contribution in [1.29, 1.82) is 0 Å². The van der Waals surface area contributed by atoms with Crippen molar-refractivity contribution in [3.8, 4) is 11.4 Å². The van der Waals surface area contributed by atoms with E-state index >= 15 is 0 Å². The van der Waals surface area contributed by atoms with Gasteiger partial charge in [0.15, 0.2) is 11.0 Å². The van der Waals surface area contributed by atoms with E-state index in [2.05, 4.69) is 16.3 Å². The van der Waals surface area contributed by atoms with E-state index in [4.69, 9.17) is 4.42 Å². The molecule has 0 amide bonds. The Kier molecular flexibility index (Phi) is 5.73. The molecule has 0 radical (unpaired) electrons. The molecule has 0 fully saturated rings. The lowest BCUT2D eigenvalue weighted by molar-refractivity contribution is 0.408. The first-order chi connectivity index (χ1) is 12.8. The van der Waals surface area contributed by atoms with Crippen molar-refractivity contribution < 1.29 is 12.8 Å². The molecule has 9 heteroatoms. The zero-order chi connectivity index (χ0) is 19.6. The highest BCUT2D eigenvalue weighted by molar-refractivity contribution is 7.98. The summed E-state index contributed by atoms with van der Waals surface area (Å²) >= 11 is 1.46. The van der Waals surface area contributed by atoms with Crippen LogP contribution in [-0.2, 0) is 22.3 Å². The fourth-order valence-electron chi connectivity index (χ4n) is 2.57. The summed E-state index contributed by atoms with van der Waals surface area (Å²) in [6.07, 6.45) is 0. The standard InChI is InChI=1S/C18H22N4O3S2/c1-5-22-17(14-8-6-7-13(2)11-14)19-20-18(22)26-12-15-9-10-16(25-15)27(23,24)21(3)4/h6-11H,5,12H2,1-4H3. The van der Waals surface area contributed by atoms with Gasteiger partial charge in [0.1, 0.15) is 5.76 Å². The van der Waals surface area contributed by atoms with Crippen molar-refractivity contribution in [3.05, 3.63) is 47.7 Å². The SMILES string of the molecule is CCn1c(SCc2ccc(S(=O)(=O)N(C)C)o2)nnc1-c1cccc(C)c1. The molecule has 1 aromatic carbocycles. The van der Waals surface area contributed by atoms with Gasteiger partial charge in [-0.05, 0) is 32.0 Å². The van der Waals surface area contributed by atoms with E-state index < -0.39 is 10.0 Å². The van der Waals surface area contributed by atoms with Gasteiger partial charge in [-0.2, -0.15) is 0 Å². The number of aryl methyl sites for hydroxylation is 1.